The molecule has 2 aromatic rings. The van der Waals surface area contributed by atoms with Crippen LogP contribution < -0.4 is 4.72 Å². The highest BCUT2D eigenvalue weighted by molar-refractivity contribution is 7.89. The molecule has 0 fully saturated rings. The quantitative estimate of drug-likeness (QED) is 0.728. The average Bonchev–Trinajstić information content (AvgIpc) is 2.60. The van der Waals surface area contributed by atoms with Crippen LogP contribution in [0.3, 0.4) is 0 Å². The Kier molecular flexibility index (Phi) is 6.08. The van der Waals surface area contributed by atoms with Gasteiger partial charge in [-0.2, -0.15) is 0 Å². The van der Waals surface area contributed by atoms with Crippen LogP contribution in [-0.4, -0.2) is 27.0 Å². The standard InChI is InChI=1S/C19H22FNO3S/c1-3-12-25(23,24)21-14-19(2,20)18-10-8-17(9-11-18)16-6-4-15(13-22)5-7-16/h4-11,13,21H,3,12,14H2,1-2H3. The van der Waals surface area contributed by atoms with Crippen LogP contribution in [0.1, 0.15) is 36.2 Å². The molecule has 0 aromatic heterocycles. The molecule has 25 heavy (non-hydrogen) atoms. The van der Waals surface area contributed by atoms with Crippen molar-refractivity contribution < 1.29 is 17.6 Å². The van der Waals surface area contributed by atoms with Crippen LogP contribution in [-0.2, 0) is 15.7 Å². The molecule has 6 heteroatoms. The van der Waals surface area contributed by atoms with Gasteiger partial charge in [0, 0.05) is 12.1 Å². The average molecular weight is 363 g/mol. The third-order valence-corrected chi connectivity index (χ3v) is 5.49. The maximum absolute atomic E-state index is 14.9. The summed E-state index contributed by atoms with van der Waals surface area (Å²) < 4.78 is 40.6. The summed E-state index contributed by atoms with van der Waals surface area (Å²) in [5, 5.41) is 0. The molecule has 134 valence electrons. The molecule has 0 saturated carbocycles. The second-order valence-corrected chi connectivity index (χ2v) is 8.08. The van der Waals surface area contributed by atoms with Crippen molar-refractivity contribution in [1.29, 1.82) is 0 Å². The number of halogens is 1. The molecule has 2 rings (SSSR count). The van der Waals surface area contributed by atoms with E-state index in [4.69, 9.17) is 0 Å². The van der Waals surface area contributed by atoms with Crippen LogP contribution in [0, 0.1) is 0 Å². The van der Waals surface area contributed by atoms with Gasteiger partial charge in [0.05, 0.1) is 5.75 Å². The van der Waals surface area contributed by atoms with E-state index in [0.29, 0.717) is 17.5 Å². The molecule has 0 aliphatic carbocycles. The third kappa shape index (κ3) is 5.21. The first-order valence-corrected chi connectivity index (χ1v) is 9.75. The Morgan fingerprint density at radius 3 is 2.04 bits per heavy atom. The number of carbonyl (C=O) groups excluding carboxylic acids is 1. The maximum Gasteiger partial charge on any atom is 0.211 e. The van der Waals surface area contributed by atoms with E-state index in [0.717, 1.165) is 17.4 Å². The first-order valence-electron chi connectivity index (χ1n) is 8.10. The molecule has 0 aliphatic heterocycles. The zero-order chi connectivity index (χ0) is 18.5. The van der Waals surface area contributed by atoms with Crippen molar-refractivity contribution in [2.24, 2.45) is 0 Å². The molecular weight excluding hydrogens is 341 g/mol. The van der Waals surface area contributed by atoms with Gasteiger partial charge in [-0.05, 0) is 30.0 Å². The Morgan fingerprint density at radius 2 is 1.56 bits per heavy atom. The predicted octanol–water partition coefficient (Wildman–Crippen LogP) is 3.68. The summed E-state index contributed by atoms with van der Waals surface area (Å²) in [6.07, 6.45) is 1.26. The Bertz CT molecular complexity index is 813. The molecular formula is C19H22FNO3S. The lowest BCUT2D eigenvalue weighted by Crippen LogP contribution is -2.36. The fourth-order valence-electron chi connectivity index (χ4n) is 2.45. The van der Waals surface area contributed by atoms with Gasteiger partial charge in [0.2, 0.25) is 10.0 Å². The minimum absolute atomic E-state index is 0.0151. The Morgan fingerprint density at radius 1 is 1.04 bits per heavy atom. The van der Waals surface area contributed by atoms with Crippen molar-refractivity contribution in [1.82, 2.24) is 4.72 Å². The molecule has 0 amide bonds. The van der Waals surface area contributed by atoms with E-state index in [9.17, 15) is 17.6 Å². The Labute approximate surface area is 148 Å². The van der Waals surface area contributed by atoms with Gasteiger partial charge in [0.25, 0.3) is 0 Å². The predicted molar refractivity (Wildman–Crippen MR) is 97.8 cm³/mol. The minimum atomic E-state index is -3.45. The molecule has 1 unspecified atom stereocenters. The Balaban J connectivity index is 2.13. The van der Waals surface area contributed by atoms with Gasteiger partial charge in [-0.15, -0.1) is 0 Å². The van der Waals surface area contributed by atoms with Crippen molar-refractivity contribution in [3.63, 3.8) is 0 Å². The number of nitrogens with one attached hydrogen (secondary N) is 1. The van der Waals surface area contributed by atoms with Gasteiger partial charge < -0.3 is 0 Å². The van der Waals surface area contributed by atoms with Gasteiger partial charge >= 0.3 is 0 Å². The summed E-state index contributed by atoms with van der Waals surface area (Å²) in [6.45, 7) is 2.81. The summed E-state index contributed by atoms with van der Waals surface area (Å²) in [4.78, 5) is 10.7. The van der Waals surface area contributed by atoms with E-state index < -0.39 is 15.7 Å². The van der Waals surface area contributed by atoms with Crippen molar-refractivity contribution in [2.45, 2.75) is 25.9 Å². The fraction of sp³-hybridized carbons (Fsp3) is 0.316. The van der Waals surface area contributed by atoms with Gasteiger partial charge in [0.15, 0.2) is 0 Å². The van der Waals surface area contributed by atoms with E-state index in [1.165, 1.54) is 6.92 Å². The van der Waals surface area contributed by atoms with Crippen LogP contribution in [0.5, 0.6) is 0 Å². The molecule has 1 N–H and O–H groups in total. The number of rotatable bonds is 8. The fourth-order valence-corrected chi connectivity index (χ4v) is 3.63. The highest BCUT2D eigenvalue weighted by Gasteiger charge is 2.27. The molecule has 0 radical (unpaired) electrons. The summed E-state index contributed by atoms with van der Waals surface area (Å²) in [5.41, 5.74) is 1.00. The molecule has 0 aliphatic rings. The molecule has 0 heterocycles. The van der Waals surface area contributed by atoms with E-state index in [2.05, 4.69) is 4.72 Å². The van der Waals surface area contributed by atoms with Crippen LogP contribution in [0.15, 0.2) is 48.5 Å². The summed E-state index contributed by atoms with van der Waals surface area (Å²) in [6, 6.07) is 14.0. The van der Waals surface area contributed by atoms with E-state index in [1.807, 2.05) is 12.1 Å². The topological polar surface area (TPSA) is 63.2 Å². The Hall–Kier alpha value is -2.05. The molecule has 0 saturated heterocycles. The number of hydrogen-bond donors (Lipinski definition) is 1. The summed E-state index contributed by atoms with van der Waals surface area (Å²) >= 11 is 0. The lowest BCUT2D eigenvalue weighted by molar-refractivity contribution is 0.112. The highest BCUT2D eigenvalue weighted by atomic mass is 32.2. The largest absolute Gasteiger partial charge is 0.298 e. The molecule has 1 atom stereocenters. The van der Waals surface area contributed by atoms with Crippen molar-refractivity contribution >= 4 is 16.3 Å². The zero-order valence-corrected chi connectivity index (χ0v) is 15.1. The van der Waals surface area contributed by atoms with Crippen LogP contribution in [0.4, 0.5) is 4.39 Å². The van der Waals surface area contributed by atoms with Crippen molar-refractivity contribution in [2.75, 3.05) is 12.3 Å². The van der Waals surface area contributed by atoms with Crippen LogP contribution in [0.2, 0.25) is 0 Å². The second-order valence-electron chi connectivity index (χ2n) is 6.15. The normalized spacial score (nSPS) is 14.0. The van der Waals surface area contributed by atoms with E-state index in [-0.39, 0.29) is 12.3 Å². The molecule has 4 nitrogen and oxygen atoms in total. The highest BCUT2D eigenvalue weighted by Crippen LogP contribution is 2.28. The van der Waals surface area contributed by atoms with Crippen molar-refractivity contribution in [3.05, 3.63) is 59.7 Å². The number of carbonyl (C=O) groups is 1. The maximum atomic E-state index is 14.9. The number of sulfonamides is 1. The first-order chi connectivity index (χ1) is 11.8. The number of aldehydes is 1. The SMILES string of the molecule is CCCS(=O)(=O)NCC(C)(F)c1ccc(-c2ccc(C=O)cc2)cc1. The van der Waals surface area contributed by atoms with Gasteiger partial charge in [-0.25, -0.2) is 17.5 Å². The zero-order valence-electron chi connectivity index (χ0n) is 14.3. The lowest BCUT2D eigenvalue weighted by Gasteiger charge is -2.21. The monoisotopic (exact) mass is 363 g/mol. The minimum Gasteiger partial charge on any atom is -0.298 e. The second kappa shape index (κ2) is 7.89. The van der Waals surface area contributed by atoms with E-state index >= 15 is 0 Å². The number of alkyl halides is 1. The van der Waals surface area contributed by atoms with E-state index in [1.54, 1.807) is 43.3 Å². The molecule has 0 spiro atoms. The van der Waals surface area contributed by atoms with Crippen LogP contribution >= 0.6 is 0 Å². The summed E-state index contributed by atoms with van der Waals surface area (Å²) in [7, 11) is -3.45. The van der Waals surface area contributed by atoms with Crippen molar-refractivity contribution in [3.8, 4) is 11.1 Å². The third-order valence-electron chi connectivity index (χ3n) is 3.96. The molecule has 2 aromatic carbocycles. The van der Waals surface area contributed by atoms with Gasteiger partial charge in [-0.3, -0.25) is 4.79 Å². The van der Waals surface area contributed by atoms with Crippen LogP contribution in [0.25, 0.3) is 11.1 Å². The molecule has 0 bridgehead atoms. The number of benzene rings is 2. The smallest absolute Gasteiger partial charge is 0.211 e. The summed E-state index contributed by atoms with van der Waals surface area (Å²) in [5.74, 6) is -0.0151. The number of hydrogen-bond acceptors (Lipinski definition) is 3. The van der Waals surface area contributed by atoms with Gasteiger partial charge in [-0.1, -0.05) is 55.5 Å². The lowest BCUT2D eigenvalue weighted by atomic mass is 9.95. The first kappa shape index (κ1) is 19.3. The van der Waals surface area contributed by atoms with Gasteiger partial charge in [0.1, 0.15) is 12.0 Å².